The molecule has 1 saturated carbocycles. The average molecular weight is 224 g/mol. The first-order valence-corrected chi connectivity index (χ1v) is 7.08. The molecular weight excluding hydrogens is 196 g/mol. The van der Waals surface area contributed by atoms with Crippen molar-refractivity contribution < 1.29 is 0 Å². The van der Waals surface area contributed by atoms with Gasteiger partial charge in [-0.2, -0.15) is 0 Å². The third kappa shape index (κ3) is 3.74. The van der Waals surface area contributed by atoms with E-state index in [1.54, 1.807) is 0 Å². The first-order valence-electron chi connectivity index (χ1n) is 7.08. The Kier molecular flexibility index (Phi) is 4.26. The molecule has 1 saturated heterocycles. The van der Waals surface area contributed by atoms with Gasteiger partial charge < -0.3 is 10.2 Å². The lowest BCUT2D eigenvalue weighted by Crippen LogP contribution is -2.44. The molecule has 2 aliphatic rings. The third-order valence-corrected chi connectivity index (χ3v) is 4.10. The van der Waals surface area contributed by atoms with E-state index < -0.39 is 0 Å². The highest BCUT2D eigenvalue weighted by molar-refractivity contribution is 4.82. The van der Waals surface area contributed by atoms with Crippen LogP contribution in [0.4, 0.5) is 0 Å². The molecule has 2 nitrogen and oxygen atoms in total. The van der Waals surface area contributed by atoms with Gasteiger partial charge in [0.15, 0.2) is 0 Å². The maximum atomic E-state index is 3.57. The van der Waals surface area contributed by atoms with Gasteiger partial charge in [-0.15, -0.1) is 0 Å². The highest BCUT2D eigenvalue weighted by Gasteiger charge is 2.29. The fourth-order valence-corrected chi connectivity index (χ4v) is 3.03. The number of rotatable bonds is 3. The second-order valence-electron chi connectivity index (χ2n) is 6.40. The van der Waals surface area contributed by atoms with Crippen LogP contribution in [-0.4, -0.2) is 37.6 Å². The first kappa shape index (κ1) is 12.4. The van der Waals surface area contributed by atoms with Crippen molar-refractivity contribution >= 4 is 0 Å². The highest BCUT2D eigenvalue weighted by Crippen LogP contribution is 2.37. The molecule has 94 valence electrons. The molecule has 2 rings (SSSR count). The molecule has 0 radical (unpaired) electrons. The van der Waals surface area contributed by atoms with Crippen molar-refractivity contribution in [2.24, 2.45) is 23.7 Å². The summed E-state index contributed by atoms with van der Waals surface area (Å²) in [5.41, 5.74) is 0. The molecular formula is C14H28N2. The molecule has 0 spiro atoms. The molecule has 1 aliphatic carbocycles. The highest BCUT2D eigenvalue weighted by atomic mass is 15.1. The fourth-order valence-electron chi connectivity index (χ4n) is 3.03. The zero-order valence-corrected chi connectivity index (χ0v) is 11.2. The maximum absolute atomic E-state index is 3.57. The summed E-state index contributed by atoms with van der Waals surface area (Å²) in [6.07, 6.45) is 2.98. The van der Waals surface area contributed by atoms with Gasteiger partial charge in [-0.05, 0) is 49.6 Å². The Morgan fingerprint density at radius 1 is 1.12 bits per heavy atom. The van der Waals surface area contributed by atoms with Crippen LogP contribution < -0.4 is 5.32 Å². The first-order chi connectivity index (χ1) is 7.65. The summed E-state index contributed by atoms with van der Waals surface area (Å²) in [5, 5.41) is 3.57. The van der Waals surface area contributed by atoms with E-state index in [1.165, 1.54) is 45.6 Å². The normalized spacial score (nSPS) is 35.4. The predicted molar refractivity (Wildman–Crippen MR) is 69.5 cm³/mol. The molecule has 2 heteroatoms. The van der Waals surface area contributed by atoms with Crippen molar-refractivity contribution in [2.45, 2.75) is 33.6 Å². The topological polar surface area (TPSA) is 15.3 Å². The summed E-state index contributed by atoms with van der Waals surface area (Å²) in [6.45, 7) is 13.5. The summed E-state index contributed by atoms with van der Waals surface area (Å²) in [7, 11) is 0. The van der Waals surface area contributed by atoms with Gasteiger partial charge in [0.25, 0.3) is 0 Å². The van der Waals surface area contributed by atoms with Crippen LogP contribution in [0.3, 0.4) is 0 Å². The van der Waals surface area contributed by atoms with Crippen LogP contribution in [-0.2, 0) is 0 Å². The van der Waals surface area contributed by atoms with E-state index in [9.17, 15) is 0 Å². The van der Waals surface area contributed by atoms with Gasteiger partial charge in [-0.3, -0.25) is 0 Å². The summed E-state index contributed by atoms with van der Waals surface area (Å²) in [6, 6.07) is 0. The van der Waals surface area contributed by atoms with Gasteiger partial charge >= 0.3 is 0 Å². The lowest BCUT2D eigenvalue weighted by atomic mass is 10.0. The predicted octanol–water partition coefficient (Wildman–Crippen LogP) is 2.21. The number of hydrogen-bond acceptors (Lipinski definition) is 2. The van der Waals surface area contributed by atoms with Crippen LogP contribution >= 0.6 is 0 Å². The molecule has 0 aromatic rings. The lowest BCUT2D eigenvalue weighted by molar-refractivity contribution is 0.159. The fraction of sp³-hybridized carbons (Fsp3) is 1.00. The smallest absolute Gasteiger partial charge is 0.00194 e. The van der Waals surface area contributed by atoms with Crippen molar-refractivity contribution in [1.29, 1.82) is 0 Å². The molecule has 16 heavy (non-hydrogen) atoms. The van der Waals surface area contributed by atoms with Gasteiger partial charge in [0, 0.05) is 19.6 Å². The SMILES string of the molecule is CC1CNCC(C)CN(CC(C)C2CC2)C1. The Bertz CT molecular complexity index is 201. The minimum atomic E-state index is 0.805. The molecule has 0 amide bonds. The van der Waals surface area contributed by atoms with E-state index in [0.717, 1.165) is 23.7 Å². The summed E-state index contributed by atoms with van der Waals surface area (Å²) < 4.78 is 0. The zero-order chi connectivity index (χ0) is 11.5. The van der Waals surface area contributed by atoms with Crippen LogP contribution in [0.25, 0.3) is 0 Å². The van der Waals surface area contributed by atoms with Gasteiger partial charge in [0.2, 0.25) is 0 Å². The minimum Gasteiger partial charge on any atom is -0.316 e. The summed E-state index contributed by atoms with van der Waals surface area (Å²) >= 11 is 0. The van der Waals surface area contributed by atoms with E-state index in [4.69, 9.17) is 0 Å². The van der Waals surface area contributed by atoms with Crippen molar-refractivity contribution in [1.82, 2.24) is 10.2 Å². The zero-order valence-electron chi connectivity index (χ0n) is 11.2. The second kappa shape index (κ2) is 5.50. The molecule has 1 aliphatic heterocycles. The third-order valence-electron chi connectivity index (χ3n) is 4.10. The largest absolute Gasteiger partial charge is 0.316 e. The van der Waals surface area contributed by atoms with Crippen LogP contribution in [0.1, 0.15) is 33.6 Å². The van der Waals surface area contributed by atoms with Gasteiger partial charge in [-0.1, -0.05) is 20.8 Å². The Hall–Kier alpha value is -0.0800. The quantitative estimate of drug-likeness (QED) is 0.791. The monoisotopic (exact) mass is 224 g/mol. The van der Waals surface area contributed by atoms with Gasteiger partial charge in [0.1, 0.15) is 0 Å². The molecule has 2 fully saturated rings. The van der Waals surface area contributed by atoms with E-state index in [1.807, 2.05) is 0 Å². The maximum Gasteiger partial charge on any atom is 0.00194 e. The standard InChI is InChI=1S/C14H28N2/c1-11-6-15-7-12(2)9-16(8-11)10-13(3)14-4-5-14/h11-15H,4-10H2,1-3H3. The number of hydrogen-bond donors (Lipinski definition) is 1. The number of nitrogens with one attached hydrogen (secondary N) is 1. The molecule has 0 aromatic heterocycles. The lowest BCUT2D eigenvalue weighted by Gasteiger charge is -2.33. The number of nitrogens with zero attached hydrogens (tertiary/aromatic N) is 1. The van der Waals surface area contributed by atoms with Gasteiger partial charge in [-0.25, -0.2) is 0 Å². The Morgan fingerprint density at radius 2 is 1.69 bits per heavy atom. The second-order valence-corrected chi connectivity index (χ2v) is 6.40. The summed E-state index contributed by atoms with van der Waals surface area (Å²) in [5.74, 6) is 3.58. The van der Waals surface area contributed by atoms with Crippen LogP contribution in [0.5, 0.6) is 0 Å². The Balaban J connectivity index is 1.83. The van der Waals surface area contributed by atoms with Crippen LogP contribution in [0.2, 0.25) is 0 Å². The van der Waals surface area contributed by atoms with Crippen molar-refractivity contribution in [3.05, 3.63) is 0 Å². The molecule has 1 N–H and O–H groups in total. The molecule has 3 atom stereocenters. The van der Waals surface area contributed by atoms with E-state index in [2.05, 4.69) is 31.0 Å². The Morgan fingerprint density at radius 3 is 2.19 bits per heavy atom. The average Bonchev–Trinajstić information content (AvgIpc) is 2.97. The molecule has 1 heterocycles. The molecule has 0 aromatic carbocycles. The van der Waals surface area contributed by atoms with Crippen molar-refractivity contribution in [3.8, 4) is 0 Å². The van der Waals surface area contributed by atoms with Crippen LogP contribution in [0.15, 0.2) is 0 Å². The van der Waals surface area contributed by atoms with E-state index >= 15 is 0 Å². The minimum absolute atomic E-state index is 0.805. The van der Waals surface area contributed by atoms with Crippen molar-refractivity contribution in [2.75, 3.05) is 32.7 Å². The van der Waals surface area contributed by atoms with Crippen molar-refractivity contribution in [3.63, 3.8) is 0 Å². The van der Waals surface area contributed by atoms with Gasteiger partial charge in [0.05, 0.1) is 0 Å². The van der Waals surface area contributed by atoms with E-state index in [-0.39, 0.29) is 0 Å². The molecule has 0 bridgehead atoms. The Labute approximate surface area is 101 Å². The van der Waals surface area contributed by atoms with Crippen LogP contribution in [0, 0.1) is 23.7 Å². The molecule has 3 unspecified atom stereocenters. The van der Waals surface area contributed by atoms with E-state index in [0.29, 0.717) is 0 Å². The summed E-state index contributed by atoms with van der Waals surface area (Å²) in [4.78, 5) is 2.72.